The molecule has 0 saturated carbocycles. The van der Waals surface area contributed by atoms with Crippen LogP contribution < -0.4 is 0 Å². The van der Waals surface area contributed by atoms with Crippen molar-refractivity contribution in [1.29, 1.82) is 0 Å². The average molecular weight is 359 g/mol. The second-order valence-corrected chi connectivity index (χ2v) is 3.30. The molecule has 0 aliphatic heterocycles. The summed E-state index contributed by atoms with van der Waals surface area (Å²) in [5.41, 5.74) is 0. The summed E-state index contributed by atoms with van der Waals surface area (Å²) in [6.07, 6.45) is 0. The molecule has 0 aromatic carbocycles. The summed E-state index contributed by atoms with van der Waals surface area (Å²) in [5, 5.41) is 0. The van der Waals surface area contributed by atoms with E-state index in [9.17, 15) is 0 Å². The van der Waals surface area contributed by atoms with E-state index in [1.807, 2.05) is 0 Å². The molecule has 0 amide bonds. The van der Waals surface area contributed by atoms with E-state index < -0.39 is 22.0 Å². The predicted octanol–water partition coefficient (Wildman–Crippen LogP) is -0.192. The van der Waals surface area contributed by atoms with Crippen LogP contribution in [0.4, 0.5) is 0 Å². The maximum atomic E-state index is 4.64. The molecule has 0 unspecified atom stereocenters. The Bertz CT molecular complexity index is 21.2. The van der Waals surface area contributed by atoms with Gasteiger partial charge in [-0.15, -0.1) is 0 Å². The Hall–Kier alpha value is 2.93. The Labute approximate surface area is 106 Å². The molecule has 0 atom stereocenters. The normalized spacial score (nSPS) is 6.00. The topological polar surface area (TPSA) is 18.5 Å². The van der Waals surface area contributed by atoms with Crippen LogP contribution >= 0.6 is 0 Å². The van der Waals surface area contributed by atoms with Crippen LogP contribution in [0.3, 0.4) is 0 Å². The maximum absolute atomic E-state index is 4.64. The van der Waals surface area contributed by atoms with Gasteiger partial charge >= 0.3 is 42.3 Å². The van der Waals surface area contributed by atoms with E-state index in [4.69, 9.17) is 0 Å². The molecule has 0 bridgehead atoms. The summed E-state index contributed by atoms with van der Waals surface area (Å²) in [6.45, 7) is 0. The van der Waals surface area contributed by atoms with Crippen LogP contribution in [0, 0.1) is 0 Å². The molecule has 7 heavy (non-hydrogen) atoms. The summed E-state index contributed by atoms with van der Waals surface area (Å²) < 4.78 is 9.28. The van der Waals surface area contributed by atoms with Crippen molar-refractivity contribution in [2.75, 3.05) is 14.2 Å². The van der Waals surface area contributed by atoms with Gasteiger partial charge in [-0.2, -0.15) is 0 Å². The van der Waals surface area contributed by atoms with Gasteiger partial charge in [-0.3, -0.25) is 0 Å². The van der Waals surface area contributed by atoms with Crippen LogP contribution in [0.1, 0.15) is 0 Å². The van der Waals surface area contributed by atoms with Gasteiger partial charge in [-0.05, 0) is 0 Å². The monoisotopic (exact) mass is 360 g/mol. The summed E-state index contributed by atoms with van der Waals surface area (Å²) >= 11 is -0.782. The molecule has 0 aliphatic rings. The van der Waals surface area contributed by atoms with Gasteiger partial charge in [0.1, 0.15) is 0 Å². The van der Waals surface area contributed by atoms with E-state index in [1.165, 1.54) is 0 Å². The van der Waals surface area contributed by atoms with Crippen molar-refractivity contribution in [2.24, 2.45) is 0 Å². The average Bonchev–Trinajstić information content (AvgIpc) is 1.41. The van der Waals surface area contributed by atoms with Gasteiger partial charge in [0, 0.05) is 65.4 Å². The first-order chi connectivity index (χ1) is 2.41. The van der Waals surface area contributed by atoms with E-state index in [1.54, 1.807) is 14.2 Å². The molecular formula is C2H6O2SnY2. The van der Waals surface area contributed by atoms with Crippen LogP contribution in [0.25, 0.3) is 0 Å². The molecule has 0 aromatic heterocycles. The molecular weight excluding hydrogens is 353 g/mol. The molecule has 36 valence electrons. The van der Waals surface area contributed by atoms with Crippen LogP contribution in [0.5, 0.6) is 0 Å². The summed E-state index contributed by atoms with van der Waals surface area (Å²) in [7, 11) is 3.32. The zero-order chi connectivity index (χ0) is 4.12. The minimum atomic E-state index is -0.782. The molecule has 0 aromatic rings. The minimum Gasteiger partial charge on any atom is 0 e. The first kappa shape index (κ1) is 16.5. The van der Waals surface area contributed by atoms with Crippen molar-refractivity contribution >= 4 is 22.0 Å². The zero-order valence-electron chi connectivity index (χ0n) is 4.47. The van der Waals surface area contributed by atoms with Crippen molar-refractivity contribution in [3.05, 3.63) is 0 Å². The van der Waals surface area contributed by atoms with Crippen molar-refractivity contribution in [3.8, 4) is 0 Å². The molecule has 5 heteroatoms. The van der Waals surface area contributed by atoms with Gasteiger partial charge in [0.2, 0.25) is 0 Å². The Kier molecular flexibility index (Phi) is 37.6. The Balaban J connectivity index is -0.0000000800. The third-order valence-electron chi connectivity index (χ3n) is 0.167. The van der Waals surface area contributed by atoms with Gasteiger partial charge in [0.05, 0.1) is 0 Å². The fraction of sp³-hybridized carbons (Fsp3) is 1.00. The van der Waals surface area contributed by atoms with Crippen molar-refractivity contribution < 1.29 is 71.6 Å². The molecule has 0 fully saturated rings. The van der Waals surface area contributed by atoms with Crippen LogP contribution in [0.2, 0.25) is 0 Å². The standard InChI is InChI=1S/2CH3O.Sn.2Y/c2*1-2;;;/h2*1H3;;;/q2*-1;+2;;. The van der Waals surface area contributed by atoms with E-state index in [0.29, 0.717) is 0 Å². The van der Waals surface area contributed by atoms with Gasteiger partial charge < -0.3 is 0 Å². The minimum absolute atomic E-state index is 0. The molecule has 0 heterocycles. The smallest absolute Gasteiger partial charge is 0 e. The third-order valence-corrected chi connectivity index (χ3v) is 1.12. The Morgan fingerprint density at radius 2 is 1.29 bits per heavy atom. The zero-order valence-corrected chi connectivity index (χ0v) is 13.0. The van der Waals surface area contributed by atoms with Crippen molar-refractivity contribution in [3.63, 3.8) is 0 Å². The molecule has 4 radical (unpaired) electrons. The van der Waals surface area contributed by atoms with E-state index in [0.717, 1.165) is 0 Å². The number of hydrogen-bond acceptors (Lipinski definition) is 2. The third kappa shape index (κ3) is 17.6. The predicted molar refractivity (Wildman–Crippen MR) is 19.8 cm³/mol. The summed E-state index contributed by atoms with van der Waals surface area (Å²) in [6, 6.07) is 0. The number of hydrogen-bond donors (Lipinski definition) is 0. The van der Waals surface area contributed by atoms with Gasteiger partial charge in [0.25, 0.3) is 0 Å². The molecule has 2 nitrogen and oxygen atoms in total. The van der Waals surface area contributed by atoms with Crippen molar-refractivity contribution in [1.82, 2.24) is 0 Å². The fourth-order valence-electron chi connectivity index (χ4n) is 0.0833. The molecule has 0 saturated heterocycles. The molecule has 0 N–H and O–H groups in total. The number of rotatable bonds is 2. The van der Waals surface area contributed by atoms with Gasteiger partial charge in [-0.1, -0.05) is 0 Å². The van der Waals surface area contributed by atoms with Gasteiger partial charge in [-0.25, -0.2) is 0 Å². The second kappa shape index (κ2) is 16.0. The Morgan fingerprint density at radius 1 is 1.00 bits per heavy atom. The maximum Gasteiger partial charge on any atom is 0 e. The second-order valence-electron chi connectivity index (χ2n) is 0.492. The molecule has 0 rings (SSSR count). The first-order valence-electron chi connectivity index (χ1n) is 1.22. The molecule has 0 spiro atoms. The van der Waals surface area contributed by atoms with Crippen molar-refractivity contribution in [2.45, 2.75) is 0 Å². The fourth-order valence-corrected chi connectivity index (χ4v) is 0.559. The summed E-state index contributed by atoms with van der Waals surface area (Å²) in [5.74, 6) is 0. The largest absolute Gasteiger partial charge is 0 e. The van der Waals surface area contributed by atoms with Crippen LogP contribution in [0.15, 0.2) is 0 Å². The quantitative estimate of drug-likeness (QED) is 0.637. The van der Waals surface area contributed by atoms with Crippen LogP contribution in [-0.4, -0.2) is 36.2 Å². The molecule has 0 aliphatic carbocycles. The summed E-state index contributed by atoms with van der Waals surface area (Å²) in [4.78, 5) is 0. The van der Waals surface area contributed by atoms with E-state index >= 15 is 0 Å². The van der Waals surface area contributed by atoms with Crippen LogP contribution in [-0.2, 0) is 71.6 Å². The first-order valence-corrected chi connectivity index (χ1v) is 3.56. The van der Waals surface area contributed by atoms with Gasteiger partial charge in [0.15, 0.2) is 0 Å². The van der Waals surface area contributed by atoms with E-state index in [2.05, 4.69) is 6.15 Å². The Morgan fingerprint density at radius 3 is 1.29 bits per heavy atom. The van der Waals surface area contributed by atoms with E-state index in [-0.39, 0.29) is 65.4 Å². The SMILES string of the molecule is C[O][Sn][O]C.[Y].[Y].